The van der Waals surface area contributed by atoms with Gasteiger partial charge in [0.25, 0.3) is 0 Å². The van der Waals surface area contributed by atoms with Gasteiger partial charge in [-0.25, -0.2) is 9.59 Å². The molecule has 3 aliphatic carbocycles. The van der Waals surface area contributed by atoms with Gasteiger partial charge in [0.2, 0.25) is 12.0 Å². The number of nitrogens with one attached hydrogen (secondary N) is 1. The highest BCUT2D eigenvalue weighted by Gasteiger charge is 2.63. The molecule has 0 aromatic carbocycles. The molecule has 4 heterocycles. The van der Waals surface area contributed by atoms with Crippen molar-refractivity contribution < 1.29 is 119 Å². The highest BCUT2D eigenvalue weighted by Crippen LogP contribution is 2.56. The predicted molar refractivity (Wildman–Crippen MR) is 331 cm³/mol. The Hall–Kier alpha value is -7.28. The van der Waals surface area contributed by atoms with E-state index < -0.39 is 122 Å². The average molecular weight is 1330 g/mol. The summed E-state index contributed by atoms with van der Waals surface area (Å²) in [5.41, 5.74) is -3.29. The molecule has 530 valence electrons. The lowest BCUT2D eigenvalue weighted by atomic mass is 9.78. The van der Waals surface area contributed by atoms with Crippen LogP contribution in [0.4, 0.5) is 0 Å². The normalized spacial score (nSPS) is 24.4. The van der Waals surface area contributed by atoms with Gasteiger partial charge in [-0.1, -0.05) is 69.2 Å². The first-order chi connectivity index (χ1) is 43.1. The number of hydrogen-bond acceptors (Lipinski definition) is 25. The van der Waals surface area contributed by atoms with E-state index in [0.29, 0.717) is 51.4 Å². The summed E-state index contributed by atoms with van der Waals surface area (Å²) in [7, 11) is 0. The van der Waals surface area contributed by atoms with E-state index in [1.165, 1.54) is 6.92 Å². The molecule has 1 N–H and O–H groups in total. The molecule has 10 atom stereocenters. The summed E-state index contributed by atoms with van der Waals surface area (Å²) in [6, 6.07) is 0.0121. The maximum atomic E-state index is 12.3. The molecular weight excluding hydrogens is 1230 g/mol. The van der Waals surface area contributed by atoms with Gasteiger partial charge in [-0.2, -0.15) is 0 Å². The number of fused-ring (bicyclic) bond motifs is 6. The van der Waals surface area contributed by atoms with Crippen molar-refractivity contribution in [2.24, 2.45) is 73.9 Å². The molecule has 26 nitrogen and oxygen atoms in total. The van der Waals surface area contributed by atoms with E-state index >= 15 is 0 Å². The fraction of sp³-hybridized carbons (Fsp3) is 0.765. The van der Waals surface area contributed by atoms with Gasteiger partial charge in [-0.15, -0.1) is 0 Å². The zero-order chi connectivity index (χ0) is 72.6. The van der Waals surface area contributed by atoms with Crippen LogP contribution in [0.2, 0.25) is 0 Å². The second kappa shape index (κ2) is 34.4. The summed E-state index contributed by atoms with van der Waals surface area (Å²) >= 11 is 0. The SMILES string of the molecule is CCC(C)(C)C(=O)NC1CC2CC1C1C(=O)OC(=O)C21.CCC(C)(C)C(=O)OC(=O)C(C)C.CCC(C)(C)C(=O)OC(C)=O.CCC(C)(C)C(=O)OC1CC(=O)OC1=O.CCC(C)(C)C(=O)OC1CCC(=O)OC1=O.CCC(C)(C)C(=O)OC1CCC2C(=O)OC(=O)C2C1. The Balaban J connectivity index is 0.000000389. The van der Waals surface area contributed by atoms with Crippen LogP contribution < -0.4 is 5.32 Å². The number of hydrogen-bond donors (Lipinski definition) is 1. The Labute approximate surface area is 551 Å². The summed E-state index contributed by atoms with van der Waals surface area (Å²) < 4.78 is 42.6. The van der Waals surface area contributed by atoms with Crippen LogP contribution in [0, 0.1) is 73.9 Å². The standard InChI is InChI=1S/C15H21NO4.C14H20O5.C11H16O5.C10H14O5.C10H18O3.C8H14O3/c1-4-15(2,3)14(19)16-9-6-7-5-8(9)11-10(7)12(17)20-13(11)18;1-4-14(2,3)13(17)18-8-5-6-9-10(7-8)12(16)19-11(9)15;1-4-11(2,3)10(14)15-7-5-6-8(12)16-9(7)13;1-4-10(2,3)9(13)14-6-5-7(11)15-8(6)12;1-6-10(4,5)9(12)13-8(11)7(2)3;1-5-8(3,4)7(10)11-6(2)9/h7-11H,4-6H2,1-3H3,(H,16,19);8-10H,4-7H2,1-3H3;7H,4-6H2,1-3H3;6H,4-5H2,1-3H3;7H,6H2,1-5H3;5H2,1-4H3. The highest BCUT2D eigenvalue weighted by molar-refractivity contribution is 5.99. The maximum absolute atomic E-state index is 12.3. The Kier molecular flexibility index (Phi) is 30.3. The van der Waals surface area contributed by atoms with Crippen molar-refractivity contribution in [1.82, 2.24) is 5.32 Å². The topological polar surface area (TPSA) is 368 Å². The van der Waals surface area contributed by atoms with Crippen molar-refractivity contribution in [3.63, 3.8) is 0 Å². The summed E-state index contributed by atoms with van der Waals surface area (Å²) in [6.07, 6.45) is 5.11. The zero-order valence-corrected chi connectivity index (χ0v) is 59.0. The third-order valence-electron chi connectivity index (χ3n) is 18.9. The minimum Gasteiger partial charge on any atom is -0.462 e. The second-order valence-corrected chi connectivity index (χ2v) is 28.8. The third-order valence-corrected chi connectivity index (χ3v) is 18.9. The fourth-order valence-corrected chi connectivity index (χ4v) is 9.45. The van der Waals surface area contributed by atoms with Crippen LogP contribution in [0.3, 0.4) is 0 Å². The van der Waals surface area contributed by atoms with Gasteiger partial charge in [0.05, 0.1) is 69.5 Å². The molecule has 4 saturated heterocycles. The van der Waals surface area contributed by atoms with E-state index in [1.54, 1.807) is 69.2 Å². The number of amides is 1. The lowest BCUT2D eigenvalue weighted by Gasteiger charge is -2.31. The minimum atomic E-state index is -1.06. The van der Waals surface area contributed by atoms with Crippen molar-refractivity contribution >= 4 is 95.4 Å². The second-order valence-electron chi connectivity index (χ2n) is 28.8. The van der Waals surface area contributed by atoms with Crippen molar-refractivity contribution in [3.8, 4) is 0 Å². The molecular formula is C68H103NO25. The average Bonchev–Trinajstić information content (AvgIpc) is 1.57. The molecule has 94 heavy (non-hydrogen) atoms. The van der Waals surface area contributed by atoms with E-state index in [-0.39, 0.29) is 90.7 Å². The quantitative estimate of drug-likeness (QED) is 0.0807. The van der Waals surface area contributed by atoms with Crippen LogP contribution in [-0.2, 0) is 119 Å². The van der Waals surface area contributed by atoms with Crippen molar-refractivity contribution in [1.29, 1.82) is 0 Å². The van der Waals surface area contributed by atoms with E-state index in [2.05, 4.69) is 29.0 Å². The van der Waals surface area contributed by atoms with Gasteiger partial charge in [-0.05, 0) is 152 Å². The van der Waals surface area contributed by atoms with Crippen LogP contribution in [0.25, 0.3) is 0 Å². The fourth-order valence-electron chi connectivity index (χ4n) is 9.45. The van der Waals surface area contributed by atoms with E-state index in [4.69, 9.17) is 18.9 Å². The minimum absolute atomic E-state index is 0.0121. The van der Waals surface area contributed by atoms with Gasteiger partial charge in [-0.3, -0.25) is 67.1 Å². The lowest BCUT2D eigenvalue weighted by molar-refractivity contribution is -0.183. The van der Waals surface area contributed by atoms with Crippen LogP contribution in [0.1, 0.15) is 235 Å². The molecule has 0 spiro atoms. The number of ether oxygens (including phenoxy) is 9. The largest absolute Gasteiger partial charge is 0.462 e. The molecule has 3 saturated carbocycles. The number of carbonyl (C=O) groups excluding carboxylic acids is 16. The molecule has 0 radical (unpaired) electrons. The first-order valence-electron chi connectivity index (χ1n) is 32.6. The molecule has 7 rings (SSSR count). The summed E-state index contributed by atoms with van der Waals surface area (Å²) in [6.45, 7) is 37.5. The molecule has 2 bridgehead atoms. The molecule has 4 aliphatic heterocycles. The Morgan fingerprint density at radius 3 is 1.31 bits per heavy atom. The lowest BCUT2D eigenvalue weighted by Crippen LogP contribution is -2.48. The van der Waals surface area contributed by atoms with Gasteiger partial charge < -0.3 is 47.9 Å². The monoisotopic (exact) mass is 1330 g/mol. The predicted octanol–water partition coefficient (Wildman–Crippen LogP) is 8.76. The van der Waals surface area contributed by atoms with Crippen LogP contribution in [0.5, 0.6) is 0 Å². The summed E-state index contributed by atoms with van der Waals surface area (Å²) in [5, 5.41) is 3.09. The number of carbonyl (C=O) groups is 16. The van der Waals surface area contributed by atoms with Gasteiger partial charge in [0.15, 0.2) is 6.10 Å². The highest BCUT2D eigenvalue weighted by atomic mass is 16.6. The van der Waals surface area contributed by atoms with Crippen LogP contribution in [0.15, 0.2) is 0 Å². The third kappa shape index (κ3) is 23.0. The molecule has 10 unspecified atom stereocenters. The Morgan fingerprint density at radius 1 is 0.447 bits per heavy atom. The number of esters is 15. The first-order valence-corrected chi connectivity index (χ1v) is 32.6. The van der Waals surface area contributed by atoms with Gasteiger partial charge >= 0.3 is 89.5 Å². The van der Waals surface area contributed by atoms with Crippen LogP contribution >= 0.6 is 0 Å². The van der Waals surface area contributed by atoms with Gasteiger partial charge in [0.1, 0.15) is 6.10 Å². The summed E-state index contributed by atoms with van der Waals surface area (Å²) in [5.74, 6) is -8.72. The van der Waals surface area contributed by atoms with E-state index in [1.807, 2.05) is 69.2 Å². The molecule has 0 aromatic heterocycles. The van der Waals surface area contributed by atoms with E-state index in [0.717, 1.165) is 19.3 Å². The van der Waals surface area contributed by atoms with Gasteiger partial charge in [0, 0.05) is 24.8 Å². The van der Waals surface area contributed by atoms with Crippen LogP contribution in [-0.4, -0.2) is 120 Å². The van der Waals surface area contributed by atoms with Crippen molar-refractivity contribution in [2.45, 2.75) is 260 Å². The molecule has 1 amide bonds. The number of cyclic esters (lactones) is 8. The zero-order valence-electron chi connectivity index (χ0n) is 59.0. The molecule has 7 aliphatic rings. The molecule has 7 fully saturated rings. The maximum Gasteiger partial charge on any atom is 0.355 e. The Morgan fingerprint density at radius 2 is 0.862 bits per heavy atom. The smallest absolute Gasteiger partial charge is 0.355 e. The van der Waals surface area contributed by atoms with Crippen molar-refractivity contribution in [2.75, 3.05) is 0 Å². The van der Waals surface area contributed by atoms with E-state index in [9.17, 15) is 76.7 Å². The summed E-state index contributed by atoms with van der Waals surface area (Å²) in [4.78, 5) is 182. The molecule has 0 aromatic rings. The number of rotatable bonds is 17. The van der Waals surface area contributed by atoms with Crippen molar-refractivity contribution in [3.05, 3.63) is 0 Å². The Bertz CT molecular complexity index is 2850. The molecule has 26 heteroatoms. The first kappa shape index (κ1) is 82.8.